The summed E-state index contributed by atoms with van der Waals surface area (Å²) in [6, 6.07) is 7.65. The minimum atomic E-state index is -0.237. The maximum absolute atomic E-state index is 11.6. The molecule has 1 heterocycles. The van der Waals surface area contributed by atoms with Gasteiger partial charge in [0.15, 0.2) is 5.16 Å². The van der Waals surface area contributed by atoms with E-state index in [0.29, 0.717) is 0 Å². The molecule has 1 aromatic heterocycles. The Hall–Kier alpha value is -1.95. The van der Waals surface area contributed by atoms with Gasteiger partial charge in [0.2, 0.25) is 0 Å². The third kappa shape index (κ3) is 4.26. The standard InChI is InChI=1S/C15H18N2O3S/c1-11(2)20-14(18)10-21-15-16-8-9-17(15)12-4-6-13(19-3)7-5-12/h4-9,11H,10H2,1-3H3. The molecule has 0 fully saturated rings. The topological polar surface area (TPSA) is 53.4 Å². The molecular formula is C15H18N2O3S. The second-order valence-electron chi connectivity index (χ2n) is 4.61. The molecule has 5 nitrogen and oxygen atoms in total. The predicted molar refractivity (Wildman–Crippen MR) is 82.1 cm³/mol. The number of hydrogen-bond acceptors (Lipinski definition) is 5. The molecule has 21 heavy (non-hydrogen) atoms. The van der Waals surface area contributed by atoms with E-state index in [1.54, 1.807) is 13.3 Å². The van der Waals surface area contributed by atoms with E-state index in [1.165, 1.54) is 11.8 Å². The zero-order chi connectivity index (χ0) is 15.2. The highest BCUT2D eigenvalue weighted by Crippen LogP contribution is 2.22. The quantitative estimate of drug-likeness (QED) is 0.607. The van der Waals surface area contributed by atoms with Crippen molar-refractivity contribution in [3.8, 4) is 11.4 Å². The first-order valence-electron chi connectivity index (χ1n) is 6.60. The molecule has 0 spiro atoms. The molecule has 0 unspecified atom stereocenters. The highest BCUT2D eigenvalue weighted by molar-refractivity contribution is 7.99. The Kier molecular flexibility index (Phi) is 5.27. The second kappa shape index (κ2) is 7.17. The Morgan fingerprint density at radius 1 is 1.33 bits per heavy atom. The number of imidazole rings is 1. The van der Waals surface area contributed by atoms with Crippen LogP contribution in [0.2, 0.25) is 0 Å². The lowest BCUT2D eigenvalue weighted by Crippen LogP contribution is -2.13. The fourth-order valence-corrected chi connectivity index (χ4v) is 2.51. The van der Waals surface area contributed by atoms with E-state index in [2.05, 4.69) is 4.98 Å². The zero-order valence-electron chi connectivity index (χ0n) is 12.3. The van der Waals surface area contributed by atoms with Gasteiger partial charge in [-0.1, -0.05) is 11.8 Å². The molecule has 0 saturated heterocycles. The third-order valence-electron chi connectivity index (χ3n) is 2.64. The highest BCUT2D eigenvalue weighted by Gasteiger charge is 2.11. The number of benzene rings is 1. The number of carbonyl (C=O) groups is 1. The van der Waals surface area contributed by atoms with E-state index >= 15 is 0 Å². The summed E-state index contributed by atoms with van der Waals surface area (Å²) < 4.78 is 12.2. The van der Waals surface area contributed by atoms with Crippen LogP contribution < -0.4 is 4.74 Å². The smallest absolute Gasteiger partial charge is 0.316 e. The number of rotatable bonds is 6. The minimum Gasteiger partial charge on any atom is -0.497 e. The number of thioether (sulfide) groups is 1. The van der Waals surface area contributed by atoms with Gasteiger partial charge in [0, 0.05) is 18.1 Å². The van der Waals surface area contributed by atoms with Gasteiger partial charge in [-0.3, -0.25) is 9.36 Å². The molecule has 0 atom stereocenters. The highest BCUT2D eigenvalue weighted by atomic mass is 32.2. The molecule has 0 aliphatic rings. The molecule has 0 saturated carbocycles. The summed E-state index contributed by atoms with van der Waals surface area (Å²) in [6.45, 7) is 3.67. The van der Waals surface area contributed by atoms with Crippen LogP contribution in [0.15, 0.2) is 41.8 Å². The average Bonchev–Trinajstić information content (AvgIpc) is 2.93. The molecule has 0 amide bonds. The normalized spacial score (nSPS) is 10.7. The summed E-state index contributed by atoms with van der Waals surface area (Å²) in [6.07, 6.45) is 3.47. The summed E-state index contributed by atoms with van der Waals surface area (Å²) >= 11 is 1.35. The van der Waals surface area contributed by atoms with Gasteiger partial charge in [-0.25, -0.2) is 4.98 Å². The molecule has 0 aliphatic heterocycles. The maximum atomic E-state index is 11.6. The fourth-order valence-electron chi connectivity index (χ4n) is 1.76. The van der Waals surface area contributed by atoms with Crippen LogP contribution in [-0.2, 0) is 9.53 Å². The molecule has 0 N–H and O–H groups in total. The van der Waals surface area contributed by atoms with Crippen LogP contribution in [0.4, 0.5) is 0 Å². The summed E-state index contributed by atoms with van der Waals surface area (Å²) in [7, 11) is 1.63. The van der Waals surface area contributed by atoms with Crippen molar-refractivity contribution < 1.29 is 14.3 Å². The third-order valence-corrected chi connectivity index (χ3v) is 3.58. The molecule has 2 aromatic rings. The van der Waals surface area contributed by atoms with E-state index in [9.17, 15) is 4.79 Å². The Labute approximate surface area is 128 Å². The number of ether oxygens (including phenoxy) is 2. The lowest BCUT2D eigenvalue weighted by atomic mass is 10.3. The van der Waals surface area contributed by atoms with Crippen LogP contribution in [0.3, 0.4) is 0 Å². The number of methoxy groups -OCH3 is 1. The van der Waals surface area contributed by atoms with Crippen LogP contribution >= 0.6 is 11.8 Å². The van der Waals surface area contributed by atoms with Crippen LogP contribution in [0, 0.1) is 0 Å². The van der Waals surface area contributed by atoms with Crippen molar-refractivity contribution in [1.82, 2.24) is 9.55 Å². The van der Waals surface area contributed by atoms with Crippen LogP contribution in [-0.4, -0.2) is 34.5 Å². The maximum Gasteiger partial charge on any atom is 0.316 e. The Balaban J connectivity index is 2.05. The number of carbonyl (C=O) groups excluding carboxylic acids is 1. The Bertz CT molecular complexity index is 593. The van der Waals surface area contributed by atoms with Gasteiger partial charge in [0.05, 0.1) is 19.0 Å². The van der Waals surface area contributed by atoms with E-state index in [1.807, 2.05) is 48.9 Å². The first-order chi connectivity index (χ1) is 10.1. The number of aromatic nitrogens is 2. The first-order valence-corrected chi connectivity index (χ1v) is 7.58. The number of esters is 1. The number of hydrogen-bond donors (Lipinski definition) is 0. The van der Waals surface area contributed by atoms with Crippen molar-refractivity contribution in [2.45, 2.75) is 25.1 Å². The second-order valence-corrected chi connectivity index (χ2v) is 5.55. The summed E-state index contributed by atoms with van der Waals surface area (Å²) in [4.78, 5) is 15.9. The SMILES string of the molecule is COc1ccc(-n2ccnc2SCC(=O)OC(C)C)cc1. The molecule has 0 aliphatic carbocycles. The molecule has 112 valence electrons. The lowest BCUT2D eigenvalue weighted by molar-refractivity contribution is -0.144. The van der Waals surface area contributed by atoms with Gasteiger partial charge < -0.3 is 9.47 Å². The largest absolute Gasteiger partial charge is 0.497 e. The van der Waals surface area contributed by atoms with Crippen molar-refractivity contribution in [3.05, 3.63) is 36.7 Å². The van der Waals surface area contributed by atoms with Crippen molar-refractivity contribution >= 4 is 17.7 Å². The first kappa shape index (κ1) is 15.4. The van der Waals surface area contributed by atoms with Crippen LogP contribution in [0.1, 0.15) is 13.8 Å². The molecule has 2 rings (SSSR count). The molecule has 1 aromatic carbocycles. The molecular weight excluding hydrogens is 288 g/mol. The minimum absolute atomic E-state index is 0.0977. The predicted octanol–water partition coefficient (Wildman–Crippen LogP) is 2.92. The van der Waals surface area contributed by atoms with E-state index in [4.69, 9.17) is 9.47 Å². The van der Waals surface area contributed by atoms with Gasteiger partial charge >= 0.3 is 5.97 Å². The Morgan fingerprint density at radius 3 is 2.67 bits per heavy atom. The van der Waals surface area contributed by atoms with Crippen molar-refractivity contribution in [2.75, 3.05) is 12.9 Å². The van der Waals surface area contributed by atoms with Gasteiger partial charge in [-0.05, 0) is 38.1 Å². The van der Waals surface area contributed by atoms with Crippen molar-refractivity contribution in [3.63, 3.8) is 0 Å². The van der Waals surface area contributed by atoms with Gasteiger partial charge in [-0.15, -0.1) is 0 Å². The van der Waals surface area contributed by atoms with Crippen LogP contribution in [0.5, 0.6) is 5.75 Å². The fraction of sp³-hybridized carbons (Fsp3) is 0.333. The molecule has 6 heteroatoms. The summed E-state index contributed by atoms with van der Waals surface area (Å²) in [5, 5.41) is 0.751. The van der Waals surface area contributed by atoms with Crippen molar-refractivity contribution in [2.24, 2.45) is 0 Å². The Morgan fingerprint density at radius 2 is 2.05 bits per heavy atom. The molecule has 0 bridgehead atoms. The monoisotopic (exact) mass is 306 g/mol. The van der Waals surface area contributed by atoms with E-state index in [0.717, 1.165) is 16.6 Å². The molecule has 0 radical (unpaired) electrons. The summed E-state index contributed by atoms with van der Waals surface area (Å²) in [5.74, 6) is 0.804. The van der Waals surface area contributed by atoms with Gasteiger partial charge in [0.25, 0.3) is 0 Å². The number of nitrogens with zero attached hydrogens (tertiary/aromatic N) is 2. The van der Waals surface area contributed by atoms with E-state index in [-0.39, 0.29) is 17.8 Å². The van der Waals surface area contributed by atoms with Crippen molar-refractivity contribution in [1.29, 1.82) is 0 Å². The zero-order valence-corrected chi connectivity index (χ0v) is 13.1. The lowest BCUT2D eigenvalue weighted by Gasteiger charge is -2.09. The summed E-state index contributed by atoms with van der Waals surface area (Å²) in [5.41, 5.74) is 0.966. The van der Waals surface area contributed by atoms with Gasteiger partial charge in [0.1, 0.15) is 5.75 Å². The van der Waals surface area contributed by atoms with E-state index < -0.39 is 0 Å². The average molecular weight is 306 g/mol. The van der Waals surface area contributed by atoms with Crippen LogP contribution in [0.25, 0.3) is 5.69 Å². The van der Waals surface area contributed by atoms with Gasteiger partial charge in [-0.2, -0.15) is 0 Å².